The van der Waals surface area contributed by atoms with E-state index in [1.807, 2.05) is 0 Å². The molecule has 2 aromatic carbocycles. The second-order valence-corrected chi connectivity index (χ2v) is 7.83. The molecule has 0 saturated heterocycles. The summed E-state index contributed by atoms with van der Waals surface area (Å²) in [5.41, 5.74) is 11.8. The van der Waals surface area contributed by atoms with Gasteiger partial charge < -0.3 is 0 Å². The van der Waals surface area contributed by atoms with E-state index < -0.39 is 0 Å². The second-order valence-electron chi connectivity index (χ2n) is 7.83. The van der Waals surface area contributed by atoms with Gasteiger partial charge in [-0.1, -0.05) is 17.7 Å². The molecule has 0 amide bonds. The zero-order chi connectivity index (χ0) is 18.7. The molecular weight excluding hydrogens is 316 g/mol. The maximum Gasteiger partial charge on any atom is 0.295 e. The SMILES string of the molecule is Cc1cc(C)c(C)c(-n2c3ccc(C)cc3c3c(C)c(C)c[n+](C)c32)c1. The van der Waals surface area contributed by atoms with Gasteiger partial charge in [-0.05, 0) is 87.6 Å². The van der Waals surface area contributed by atoms with Crippen molar-refractivity contribution in [2.45, 2.75) is 41.5 Å². The van der Waals surface area contributed by atoms with Crippen molar-refractivity contribution in [3.8, 4) is 5.69 Å². The van der Waals surface area contributed by atoms with Gasteiger partial charge in [0.15, 0.2) is 0 Å². The number of aromatic nitrogens is 2. The monoisotopic (exact) mass is 343 g/mol. The Balaban J connectivity index is 2.32. The normalized spacial score (nSPS) is 11.7. The maximum absolute atomic E-state index is 2.45. The minimum absolute atomic E-state index is 1.27. The third kappa shape index (κ3) is 2.28. The predicted molar refractivity (Wildman–Crippen MR) is 110 cm³/mol. The van der Waals surface area contributed by atoms with Gasteiger partial charge >= 0.3 is 0 Å². The van der Waals surface area contributed by atoms with Crippen molar-refractivity contribution in [2.24, 2.45) is 7.05 Å². The molecular formula is C24H27N2+. The third-order valence-corrected chi connectivity index (χ3v) is 5.81. The van der Waals surface area contributed by atoms with Crippen LogP contribution in [0.1, 0.15) is 33.4 Å². The molecule has 2 heteroatoms. The summed E-state index contributed by atoms with van der Waals surface area (Å²) >= 11 is 0. The fraction of sp³-hybridized carbons (Fsp3) is 0.292. The van der Waals surface area contributed by atoms with Gasteiger partial charge in [0.25, 0.3) is 5.65 Å². The molecule has 4 aromatic rings. The Morgan fingerprint density at radius 2 is 1.50 bits per heavy atom. The van der Waals surface area contributed by atoms with Crippen LogP contribution in [0, 0.1) is 41.5 Å². The number of nitrogens with zero attached hydrogens (tertiary/aromatic N) is 2. The van der Waals surface area contributed by atoms with E-state index in [0.717, 1.165) is 0 Å². The maximum atomic E-state index is 2.45. The zero-order valence-electron chi connectivity index (χ0n) is 16.9. The Morgan fingerprint density at radius 3 is 2.23 bits per heavy atom. The molecule has 4 rings (SSSR count). The smallest absolute Gasteiger partial charge is 0.236 e. The highest BCUT2D eigenvalue weighted by Crippen LogP contribution is 2.35. The minimum Gasteiger partial charge on any atom is -0.236 e. The van der Waals surface area contributed by atoms with Crippen LogP contribution < -0.4 is 4.57 Å². The number of benzene rings is 2. The Labute approximate surface area is 155 Å². The summed E-state index contributed by atoms with van der Waals surface area (Å²) in [4.78, 5) is 0. The summed E-state index contributed by atoms with van der Waals surface area (Å²) in [5.74, 6) is 0. The van der Waals surface area contributed by atoms with E-state index in [4.69, 9.17) is 0 Å². The summed E-state index contributed by atoms with van der Waals surface area (Å²) in [6.45, 7) is 13.3. The van der Waals surface area contributed by atoms with Crippen LogP contribution in [0.15, 0.2) is 36.5 Å². The lowest BCUT2D eigenvalue weighted by Crippen LogP contribution is -2.31. The van der Waals surface area contributed by atoms with Crippen molar-refractivity contribution in [3.05, 3.63) is 69.9 Å². The summed E-state index contributed by atoms with van der Waals surface area (Å²) < 4.78 is 4.73. The van der Waals surface area contributed by atoms with Crippen LogP contribution in [0.4, 0.5) is 0 Å². The Morgan fingerprint density at radius 1 is 0.769 bits per heavy atom. The van der Waals surface area contributed by atoms with Crippen molar-refractivity contribution in [1.82, 2.24) is 4.57 Å². The van der Waals surface area contributed by atoms with Crippen molar-refractivity contribution in [2.75, 3.05) is 0 Å². The fourth-order valence-electron chi connectivity index (χ4n) is 4.23. The Bertz CT molecular complexity index is 1190. The summed E-state index contributed by atoms with van der Waals surface area (Å²) in [7, 11) is 2.16. The largest absolute Gasteiger partial charge is 0.295 e. The number of hydrogen-bond acceptors (Lipinski definition) is 0. The van der Waals surface area contributed by atoms with Crippen LogP contribution in [-0.4, -0.2) is 4.57 Å². The molecule has 26 heavy (non-hydrogen) atoms. The summed E-state index contributed by atoms with van der Waals surface area (Å²) in [6.07, 6.45) is 2.25. The van der Waals surface area contributed by atoms with Crippen molar-refractivity contribution < 1.29 is 4.57 Å². The first-order chi connectivity index (χ1) is 12.3. The van der Waals surface area contributed by atoms with Gasteiger partial charge in [-0.3, -0.25) is 0 Å². The molecule has 2 nitrogen and oxygen atoms in total. The summed E-state index contributed by atoms with van der Waals surface area (Å²) in [6, 6.07) is 11.4. The first-order valence-corrected chi connectivity index (χ1v) is 9.28. The van der Waals surface area contributed by atoms with Gasteiger partial charge in [0.1, 0.15) is 11.2 Å². The van der Waals surface area contributed by atoms with E-state index in [2.05, 4.69) is 94.3 Å². The molecule has 0 aliphatic rings. The van der Waals surface area contributed by atoms with Crippen molar-refractivity contribution in [3.63, 3.8) is 0 Å². The molecule has 0 radical (unpaired) electrons. The predicted octanol–water partition coefficient (Wildman–Crippen LogP) is 5.46. The standard InChI is InChI=1S/C24H27N2/c1-14-8-9-21-20(11-14)23-19(6)17(4)13-25(7)24(23)26(21)22-12-15(2)10-16(3)18(22)5/h8-13H,1-7H3/q+1. The van der Waals surface area contributed by atoms with E-state index in [1.54, 1.807) is 0 Å². The number of pyridine rings is 1. The van der Waals surface area contributed by atoms with Gasteiger partial charge in [-0.15, -0.1) is 0 Å². The van der Waals surface area contributed by atoms with Gasteiger partial charge in [0.05, 0.1) is 18.6 Å². The number of hydrogen-bond donors (Lipinski definition) is 0. The fourth-order valence-corrected chi connectivity index (χ4v) is 4.23. The second kappa shape index (κ2) is 5.70. The summed E-state index contributed by atoms with van der Waals surface area (Å²) in [5, 5.41) is 2.71. The number of fused-ring (bicyclic) bond motifs is 3. The van der Waals surface area contributed by atoms with Gasteiger partial charge in [0, 0.05) is 5.39 Å². The average molecular weight is 343 g/mol. The van der Waals surface area contributed by atoms with Crippen LogP contribution in [0.2, 0.25) is 0 Å². The molecule has 2 aromatic heterocycles. The Kier molecular flexibility index (Phi) is 3.69. The highest BCUT2D eigenvalue weighted by Gasteiger charge is 2.25. The van der Waals surface area contributed by atoms with Crippen molar-refractivity contribution >= 4 is 21.9 Å². The minimum atomic E-state index is 1.27. The zero-order valence-corrected chi connectivity index (χ0v) is 16.9. The molecule has 132 valence electrons. The molecule has 0 fully saturated rings. The number of rotatable bonds is 1. The van der Waals surface area contributed by atoms with E-state index in [-0.39, 0.29) is 0 Å². The first kappa shape index (κ1) is 16.8. The van der Waals surface area contributed by atoms with Crippen LogP contribution >= 0.6 is 0 Å². The topological polar surface area (TPSA) is 8.81 Å². The van der Waals surface area contributed by atoms with E-state index >= 15 is 0 Å². The molecule has 0 spiro atoms. The van der Waals surface area contributed by atoms with E-state index in [9.17, 15) is 0 Å². The highest BCUT2D eigenvalue weighted by molar-refractivity contribution is 6.09. The molecule has 0 aliphatic carbocycles. The quantitative estimate of drug-likeness (QED) is 0.406. The molecule has 0 aliphatic heterocycles. The lowest BCUT2D eigenvalue weighted by molar-refractivity contribution is -0.647. The molecule has 2 heterocycles. The van der Waals surface area contributed by atoms with Crippen LogP contribution in [-0.2, 0) is 7.05 Å². The van der Waals surface area contributed by atoms with Crippen LogP contribution in [0.25, 0.3) is 27.6 Å². The lowest BCUT2D eigenvalue weighted by Gasteiger charge is -2.10. The lowest BCUT2D eigenvalue weighted by atomic mass is 10.0. The van der Waals surface area contributed by atoms with E-state index in [1.165, 1.54) is 61.0 Å². The van der Waals surface area contributed by atoms with Gasteiger partial charge in [-0.25, -0.2) is 4.57 Å². The van der Waals surface area contributed by atoms with Gasteiger partial charge in [0.2, 0.25) is 0 Å². The van der Waals surface area contributed by atoms with Crippen LogP contribution in [0.3, 0.4) is 0 Å². The van der Waals surface area contributed by atoms with Gasteiger partial charge in [-0.2, -0.15) is 4.57 Å². The first-order valence-electron chi connectivity index (χ1n) is 9.28. The molecule has 0 N–H and O–H groups in total. The van der Waals surface area contributed by atoms with Crippen LogP contribution in [0.5, 0.6) is 0 Å². The highest BCUT2D eigenvalue weighted by atomic mass is 15.1. The molecule has 0 atom stereocenters. The van der Waals surface area contributed by atoms with E-state index in [0.29, 0.717) is 0 Å². The molecule has 0 unspecified atom stereocenters. The molecule has 0 saturated carbocycles. The molecule has 0 bridgehead atoms. The third-order valence-electron chi connectivity index (χ3n) is 5.81. The van der Waals surface area contributed by atoms with Crippen molar-refractivity contribution in [1.29, 1.82) is 0 Å². The average Bonchev–Trinajstić information content (AvgIpc) is 2.90. The Hall–Kier alpha value is -2.61. The number of aryl methyl sites for hydroxylation is 6.